The monoisotopic (exact) mass is 473 g/mol. The summed E-state index contributed by atoms with van der Waals surface area (Å²) in [5.74, 6) is -0.795. The first kappa shape index (κ1) is 23.0. The number of furan rings is 1. The van der Waals surface area contributed by atoms with Crippen LogP contribution in [0.4, 0.5) is 11.7 Å². The van der Waals surface area contributed by atoms with E-state index >= 15 is 0 Å². The van der Waals surface area contributed by atoms with Gasteiger partial charge >= 0.3 is 5.88 Å². The normalized spacial score (nSPS) is 15.5. The lowest BCUT2D eigenvalue weighted by molar-refractivity contribution is -0.402. The van der Waals surface area contributed by atoms with Crippen LogP contribution in [0.3, 0.4) is 0 Å². The lowest BCUT2D eigenvalue weighted by Crippen LogP contribution is -2.46. The number of nitrogens with one attached hydrogen (secondary N) is 1. The molecule has 1 amide bonds. The van der Waals surface area contributed by atoms with E-state index < -0.39 is 16.7 Å². The Balaban J connectivity index is 1.56. The van der Waals surface area contributed by atoms with E-state index in [2.05, 4.69) is 52.5 Å². The summed E-state index contributed by atoms with van der Waals surface area (Å²) >= 11 is 0. The second-order valence-corrected chi connectivity index (χ2v) is 7.51. The maximum atomic E-state index is 12.9. The van der Waals surface area contributed by atoms with Crippen LogP contribution < -0.4 is 11.2 Å². The molecule has 3 aromatic heterocycles. The maximum Gasteiger partial charge on any atom is 0.433 e. The van der Waals surface area contributed by atoms with E-state index in [0.29, 0.717) is 12.2 Å². The van der Waals surface area contributed by atoms with Gasteiger partial charge in [-0.2, -0.15) is 9.78 Å². The van der Waals surface area contributed by atoms with Crippen molar-refractivity contribution in [1.82, 2.24) is 40.5 Å². The van der Waals surface area contributed by atoms with Gasteiger partial charge < -0.3 is 15.1 Å². The molecule has 0 saturated carbocycles. The van der Waals surface area contributed by atoms with Crippen molar-refractivity contribution in [3.05, 3.63) is 39.4 Å². The first-order valence-corrected chi connectivity index (χ1v) is 10.4. The number of hydrogen-bond acceptors (Lipinski definition) is 13. The van der Waals surface area contributed by atoms with Crippen LogP contribution in [0.1, 0.15) is 35.8 Å². The van der Waals surface area contributed by atoms with Crippen LogP contribution in [0.15, 0.2) is 26.3 Å². The summed E-state index contributed by atoms with van der Waals surface area (Å²) in [6, 6.07) is 2.59. The Morgan fingerprint density at radius 3 is 2.62 bits per heavy atom. The summed E-state index contributed by atoms with van der Waals surface area (Å²) in [6.45, 7) is 8.35. The molecule has 4 heterocycles. The Kier molecular flexibility index (Phi) is 6.60. The molecule has 1 aliphatic heterocycles. The van der Waals surface area contributed by atoms with E-state index in [-0.39, 0.29) is 28.8 Å². The standard InChI is InChI=1S/C18H23N11O5/c1-3-26-6-8-27(9-7-26)10-12-15(21-25-28(12)17-16(19)23-34-24-17)18(30)22-20-11(2)13-4-5-14(33-13)29(31)32/h4-5H,3,6-10H2,1-2H3,(H2,19,23)(H,22,30). The zero-order chi connectivity index (χ0) is 24.2. The van der Waals surface area contributed by atoms with Crippen molar-refractivity contribution >= 4 is 23.3 Å². The van der Waals surface area contributed by atoms with Crippen LogP contribution in [0.2, 0.25) is 0 Å². The maximum absolute atomic E-state index is 12.9. The summed E-state index contributed by atoms with van der Waals surface area (Å²) in [4.78, 5) is 27.6. The number of likely N-dealkylation sites (N-methyl/N-ethyl adjacent to an activating group) is 1. The number of hydrazone groups is 1. The molecule has 0 bridgehead atoms. The van der Waals surface area contributed by atoms with E-state index in [9.17, 15) is 14.9 Å². The lowest BCUT2D eigenvalue weighted by Gasteiger charge is -2.33. The number of rotatable bonds is 8. The van der Waals surface area contributed by atoms with Crippen molar-refractivity contribution in [2.24, 2.45) is 5.10 Å². The second-order valence-electron chi connectivity index (χ2n) is 7.51. The smallest absolute Gasteiger partial charge is 0.399 e. The van der Waals surface area contributed by atoms with E-state index in [1.54, 1.807) is 0 Å². The molecule has 16 heteroatoms. The van der Waals surface area contributed by atoms with E-state index in [1.807, 2.05) is 0 Å². The highest BCUT2D eigenvalue weighted by atomic mass is 16.6. The van der Waals surface area contributed by atoms with Crippen LogP contribution in [0.5, 0.6) is 0 Å². The summed E-state index contributed by atoms with van der Waals surface area (Å²) in [5.41, 5.74) is 8.90. The third kappa shape index (κ3) is 4.76. The fourth-order valence-electron chi connectivity index (χ4n) is 3.47. The summed E-state index contributed by atoms with van der Waals surface area (Å²) in [7, 11) is 0. The quantitative estimate of drug-likeness (QED) is 0.253. The molecule has 3 aromatic rings. The molecule has 0 aromatic carbocycles. The van der Waals surface area contributed by atoms with E-state index in [0.717, 1.165) is 32.7 Å². The molecular weight excluding hydrogens is 450 g/mol. The number of nitro groups is 1. The predicted molar refractivity (Wildman–Crippen MR) is 116 cm³/mol. The highest BCUT2D eigenvalue weighted by Gasteiger charge is 2.27. The Bertz CT molecular complexity index is 1200. The number of anilines is 1. The van der Waals surface area contributed by atoms with Gasteiger partial charge in [0.2, 0.25) is 11.6 Å². The van der Waals surface area contributed by atoms with Crippen molar-refractivity contribution in [2.75, 3.05) is 38.5 Å². The fourth-order valence-corrected chi connectivity index (χ4v) is 3.47. The number of piperazine rings is 1. The highest BCUT2D eigenvalue weighted by Crippen LogP contribution is 2.19. The van der Waals surface area contributed by atoms with Gasteiger partial charge in [-0.1, -0.05) is 12.1 Å². The highest BCUT2D eigenvalue weighted by molar-refractivity contribution is 5.99. The number of carbonyl (C=O) groups excluding carboxylic acids is 1. The number of aromatic nitrogens is 5. The molecular formula is C18H23N11O5. The summed E-state index contributed by atoms with van der Waals surface area (Å²) in [5, 5.41) is 30.1. The number of nitrogens with two attached hydrogens (primary N) is 1. The van der Waals surface area contributed by atoms with Gasteiger partial charge in [0, 0.05) is 32.7 Å². The van der Waals surface area contributed by atoms with Crippen molar-refractivity contribution in [3.8, 4) is 5.82 Å². The molecule has 0 spiro atoms. The Morgan fingerprint density at radius 2 is 2.00 bits per heavy atom. The van der Waals surface area contributed by atoms with Gasteiger partial charge in [-0.05, 0) is 29.8 Å². The zero-order valence-electron chi connectivity index (χ0n) is 18.5. The van der Waals surface area contributed by atoms with Crippen LogP contribution in [0.25, 0.3) is 5.82 Å². The zero-order valence-corrected chi connectivity index (χ0v) is 18.5. The minimum absolute atomic E-state index is 0.00203. The number of nitrogens with zero attached hydrogens (tertiary/aromatic N) is 9. The topological polar surface area (TPSA) is 200 Å². The first-order valence-electron chi connectivity index (χ1n) is 10.4. The molecule has 0 unspecified atom stereocenters. The molecule has 180 valence electrons. The molecule has 0 aliphatic carbocycles. The molecule has 0 atom stereocenters. The van der Waals surface area contributed by atoms with Crippen molar-refractivity contribution in [2.45, 2.75) is 20.4 Å². The first-order chi connectivity index (χ1) is 16.4. The third-order valence-corrected chi connectivity index (χ3v) is 5.41. The lowest BCUT2D eigenvalue weighted by atomic mass is 10.2. The van der Waals surface area contributed by atoms with Crippen molar-refractivity contribution < 1.29 is 18.8 Å². The Morgan fingerprint density at radius 1 is 1.26 bits per heavy atom. The Labute approximate surface area is 192 Å². The molecule has 1 fully saturated rings. The molecule has 34 heavy (non-hydrogen) atoms. The van der Waals surface area contributed by atoms with Crippen molar-refractivity contribution in [3.63, 3.8) is 0 Å². The van der Waals surface area contributed by atoms with Gasteiger partial charge in [-0.3, -0.25) is 19.8 Å². The van der Waals surface area contributed by atoms with Gasteiger partial charge in [0.05, 0.1) is 11.8 Å². The van der Waals surface area contributed by atoms with E-state index in [4.69, 9.17) is 10.2 Å². The van der Waals surface area contributed by atoms with Crippen LogP contribution >= 0.6 is 0 Å². The average molecular weight is 473 g/mol. The molecule has 0 radical (unpaired) electrons. The Hall–Kier alpha value is -4.18. The largest absolute Gasteiger partial charge is 0.433 e. The number of carbonyl (C=O) groups is 1. The predicted octanol–water partition coefficient (Wildman–Crippen LogP) is 0.0252. The van der Waals surface area contributed by atoms with Gasteiger partial charge in [0.1, 0.15) is 10.6 Å². The molecule has 4 rings (SSSR count). The molecule has 1 saturated heterocycles. The minimum Gasteiger partial charge on any atom is -0.399 e. The van der Waals surface area contributed by atoms with E-state index in [1.165, 1.54) is 23.7 Å². The second kappa shape index (κ2) is 9.75. The average Bonchev–Trinajstić information content (AvgIpc) is 3.57. The molecule has 16 nitrogen and oxygen atoms in total. The summed E-state index contributed by atoms with van der Waals surface area (Å²) in [6.07, 6.45) is 0. The fraction of sp³-hybridized carbons (Fsp3) is 0.444. The SMILES string of the molecule is CCN1CCN(Cc2c(C(=O)NN=C(C)c3ccc([N+](=O)[O-])o3)nnn2-c2nonc2N)CC1. The van der Waals surface area contributed by atoms with Crippen LogP contribution in [-0.4, -0.2) is 84.4 Å². The van der Waals surface area contributed by atoms with Crippen LogP contribution in [0, 0.1) is 10.1 Å². The van der Waals surface area contributed by atoms with Gasteiger partial charge in [-0.15, -0.1) is 5.10 Å². The van der Waals surface area contributed by atoms with Gasteiger partial charge in [0.25, 0.3) is 5.91 Å². The minimum atomic E-state index is -0.662. The van der Waals surface area contributed by atoms with Gasteiger partial charge in [0.15, 0.2) is 11.5 Å². The molecule has 3 N–H and O–H groups in total. The van der Waals surface area contributed by atoms with Crippen LogP contribution in [-0.2, 0) is 6.54 Å². The van der Waals surface area contributed by atoms with Crippen molar-refractivity contribution in [1.29, 1.82) is 0 Å². The number of nitrogen functional groups attached to an aromatic ring is 1. The summed E-state index contributed by atoms with van der Waals surface area (Å²) < 4.78 is 11.1. The third-order valence-electron chi connectivity index (χ3n) is 5.41. The number of hydrogen-bond donors (Lipinski definition) is 2. The number of amides is 1. The van der Waals surface area contributed by atoms with Gasteiger partial charge in [-0.25, -0.2) is 10.1 Å². The molecule has 1 aliphatic rings.